The molecule has 8 heteroatoms. The topological polar surface area (TPSA) is 84.0 Å². The van der Waals surface area contributed by atoms with Crippen molar-refractivity contribution < 1.29 is 9.59 Å². The molecule has 2 aromatic heterocycles. The van der Waals surface area contributed by atoms with Crippen molar-refractivity contribution >= 4 is 60.1 Å². The van der Waals surface area contributed by atoms with E-state index >= 15 is 0 Å². The SMILES string of the molecule is O=C(CC1CCC(=O)N1)Nc1nc2ccc3scnc3c2s1. The van der Waals surface area contributed by atoms with Gasteiger partial charge in [0.15, 0.2) is 5.13 Å². The van der Waals surface area contributed by atoms with Crippen LogP contribution in [0.4, 0.5) is 5.13 Å². The Hall–Kier alpha value is -2.06. The highest BCUT2D eigenvalue weighted by atomic mass is 32.1. The van der Waals surface area contributed by atoms with E-state index in [0.717, 1.165) is 20.4 Å². The summed E-state index contributed by atoms with van der Waals surface area (Å²) in [7, 11) is 0. The fraction of sp³-hybridized carbons (Fsp3) is 0.286. The maximum Gasteiger partial charge on any atom is 0.228 e. The van der Waals surface area contributed by atoms with Crippen molar-refractivity contribution in [1.82, 2.24) is 15.3 Å². The molecule has 0 radical (unpaired) electrons. The maximum atomic E-state index is 12.1. The first kappa shape index (κ1) is 13.6. The Morgan fingerprint density at radius 1 is 1.45 bits per heavy atom. The van der Waals surface area contributed by atoms with Crippen LogP contribution in [0.15, 0.2) is 17.6 Å². The predicted octanol–water partition coefficient (Wildman–Crippen LogP) is 2.51. The summed E-state index contributed by atoms with van der Waals surface area (Å²) in [6.07, 6.45) is 1.50. The summed E-state index contributed by atoms with van der Waals surface area (Å²) in [6.45, 7) is 0. The van der Waals surface area contributed by atoms with Gasteiger partial charge in [-0.3, -0.25) is 9.59 Å². The quantitative estimate of drug-likeness (QED) is 0.772. The molecule has 0 saturated carbocycles. The molecule has 1 aliphatic rings. The van der Waals surface area contributed by atoms with E-state index in [9.17, 15) is 9.59 Å². The first-order valence-electron chi connectivity index (χ1n) is 6.91. The highest BCUT2D eigenvalue weighted by Gasteiger charge is 2.23. The van der Waals surface area contributed by atoms with Crippen molar-refractivity contribution in [3.05, 3.63) is 17.6 Å². The van der Waals surface area contributed by atoms with E-state index in [4.69, 9.17) is 0 Å². The van der Waals surface area contributed by atoms with E-state index in [1.54, 1.807) is 11.3 Å². The number of carbonyl (C=O) groups is 2. The second-order valence-corrected chi connectivity index (χ2v) is 7.07. The monoisotopic (exact) mass is 332 g/mol. The van der Waals surface area contributed by atoms with Gasteiger partial charge < -0.3 is 10.6 Å². The van der Waals surface area contributed by atoms with Gasteiger partial charge >= 0.3 is 0 Å². The van der Waals surface area contributed by atoms with Crippen LogP contribution in [-0.4, -0.2) is 27.8 Å². The van der Waals surface area contributed by atoms with Crippen LogP contribution in [0.25, 0.3) is 20.4 Å². The van der Waals surface area contributed by atoms with Crippen LogP contribution in [0.2, 0.25) is 0 Å². The number of fused-ring (bicyclic) bond motifs is 3. The second kappa shape index (κ2) is 5.29. The van der Waals surface area contributed by atoms with Crippen LogP contribution in [0.1, 0.15) is 19.3 Å². The summed E-state index contributed by atoms with van der Waals surface area (Å²) in [5.74, 6) is -0.107. The first-order chi connectivity index (χ1) is 10.7. The molecule has 1 atom stereocenters. The van der Waals surface area contributed by atoms with Gasteiger partial charge in [0.25, 0.3) is 0 Å². The predicted molar refractivity (Wildman–Crippen MR) is 87.2 cm³/mol. The molecule has 1 fully saturated rings. The third kappa shape index (κ3) is 2.44. The van der Waals surface area contributed by atoms with E-state index in [-0.39, 0.29) is 24.3 Å². The van der Waals surface area contributed by atoms with Gasteiger partial charge in [0.05, 0.1) is 20.4 Å². The molecule has 1 aromatic carbocycles. The van der Waals surface area contributed by atoms with Crippen LogP contribution in [0.3, 0.4) is 0 Å². The van der Waals surface area contributed by atoms with Crippen molar-refractivity contribution in [3.63, 3.8) is 0 Å². The highest BCUT2D eigenvalue weighted by molar-refractivity contribution is 7.24. The third-order valence-electron chi connectivity index (χ3n) is 3.62. The van der Waals surface area contributed by atoms with Crippen molar-refractivity contribution in [2.45, 2.75) is 25.3 Å². The summed E-state index contributed by atoms with van der Waals surface area (Å²) < 4.78 is 2.10. The van der Waals surface area contributed by atoms with E-state index in [2.05, 4.69) is 20.6 Å². The van der Waals surface area contributed by atoms with Gasteiger partial charge in [-0.15, -0.1) is 11.3 Å². The summed E-state index contributed by atoms with van der Waals surface area (Å²) in [5, 5.41) is 6.19. The Morgan fingerprint density at radius 3 is 3.18 bits per heavy atom. The molecule has 22 heavy (non-hydrogen) atoms. The molecule has 6 nitrogen and oxygen atoms in total. The van der Waals surface area contributed by atoms with Crippen LogP contribution < -0.4 is 10.6 Å². The van der Waals surface area contributed by atoms with E-state index in [1.165, 1.54) is 11.3 Å². The molecular weight excluding hydrogens is 320 g/mol. The Balaban J connectivity index is 1.53. The molecule has 3 heterocycles. The molecule has 1 saturated heterocycles. The normalized spacial score (nSPS) is 18.0. The highest BCUT2D eigenvalue weighted by Crippen LogP contribution is 2.33. The minimum absolute atomic E-state index is 0.0173. The smallest absolute Gasteiger partial charge is 0.228 e. The standard InChI is InChI=1S/C14H12N4O2S2/c19-10-4-1-7(16-10)5-11(20)18-14-17-8-2-3-9-12(13(8)22-14)15-6-21-9/h2-3,6-7H,1,4-5H2,(H,16,19)(H,17,18,20). The zero-order valence-corrected chi connectivity index (χ0v) is 13.1. The number of amides is 2. The number of benzene rings is 1. The molecule has 0 bridgehead atoms. The molecular formula is C14H12N4O2S2. The van der Waals surface area contributed by atoms with Crippen LogP contribution in [0.5, 0.6) is 0 Å². The summed E-state index contributed by atoms with van der Waals surface area (Å²) >= 11 is 3.02. The lowest BCUT2D eigenvalue weighted by Crippen LogP contribution is -2.29. The molecule has 0 aliphatic carbocycles. The Morgan fingerprint density at radius 2 is 2.36 bits per heavy atom. The van der Waals surface area contributed by atoms with Crippen LogP contribution in [-0.2, 0) is 9.59 Å². The lowest BCUT2D eigenvalue weighted by Gasteiger charge is -2.08. The summed E-state index contributed by atoms with van der Waals surface area (Å²) in [6, 6.07) is 3.88. The molecule has 1 aliphatic heterocycles. The Kier molecular flexibility index (Phi) is 3.27. The number of hydrogen-bond acceptors (Lipinski definition) is 6. The minimum atomic E-state index is -0.124. The van der Waals surface area contributed by atoms with Crippen molar-refractivity contribution in [2.75, 3.05) is 5.32 Å². The van der Waals surface area contributed by atoms with E-state index in [1.807, 2.05) is 17.6 Å². The van der Waals surface area contributed by atoms with Gasteiger partial charge in [0.2, 0.25) is 11.8 Å². The lowest BCUT2D eigenvalue weighted by atomic mass is 10.1. The molecule has 2 amide bonds. The molecule has 0 spiro atoms. The van der Waals surface area contributed by atoms with E-state index < -0.39 is 0 Å². The minimum Gasteiger partial charge on any atom is -0.353 e. The molecule has 4 rings (SSSR count). The largest absolute Gasteiger partial charge is 0.353 e. The number of thiazole rings is 2. The fourth-order valence-corrected chi connectivity index (χ4v) is 4.32. The number of nitrogens with zero attached hydrogens (tertiary/aromatic N) is 2. The molecule has 3 aromatic rings. The maximum absolute atomic E-state index is 12.1. The zero-order valence-electron chi connectivity index (χ0n) is 11.5. The third-order valence-corrected chi connectivity index (χ3v) is 5.41. The average Bonchev–Trinajstić information content (AvgIpc) is 3.16. The summed E-state index contributed by atoms with van der Waals surface area (Å²) in [4.78, 5) is 32.0. The first-order valence-corrected chi connectivity index (χ1v) is 8.60. The molecule has 2 N–H and O–H groups in total. The van der Waals surface area contributed by atoms with Gasteiger partial charge in [0, 0.05) is 18.9 Å². The van der Waals surface area contributed by atoms with Gasteiger partial charge in [-0.25, -0.2) is 9.97 Å². The number of anilines is 1. The van der Waals surface area contributed by atoms with Crippen molar-refractivity contribution in [1.29, 1.82) is 0 Å². The molecule has 1 unspecified atom stereocenters. The number of rotatable bonds is 3. The number of aromatic nitrogens is 2. The van der Waals surface area contributed by atoms with Crippen LogP contribution in [0, 0.1) is 0 Å². The lowest BCUT2D eigenvalue weighted by molar-refractivity contribution is -0.119. The van der Waals surface area contributed by atoms with Gasteiger partial charge in [-0.2, -0.15) is 0 Å². The second-order valence-electron chi connectivity index (χ2n) is 5.19. The van der Waals surface area contributed by atoms with Crippen molar-refractivity contribution in [3.8, 4) is 0 Å². The average molecular weight is 332 g/mol. The van der Waals surface area contributed by atoms with Gasteiger partial charge in [-0.1, -0.05) is 11.3 Å². The zero-order chi connectivity index (χ0) is 15.1. The van der Waals surface area contributed by atoms with Crippen molar-refractivity contribution in [2.24, 2.45) is 0 Å². The van der Waals surface area contributed by atoms with Gasteiger partial charge in [-0.05, 0) is 18.6 Å². The Bertz CT molecular complexity index is 885. The fourth-order valence-electron chi connectivity index (χ4n) is 2.59. The number of hydrogen-bond donors (Lipinski definition) is 2. The summed E-state index contributed by atoms with van der Waals surface area (Å²) in [5.41, 5.74) is 3.58. The number of nitrogens with one attached hydrogen (secondary N) is 2. The van der Waals surface area contributed by atoms with Gasteiger partial charge in [0.1, 0.15) is 5.52 Å². The van der Waals surface area contributed by atoms with E-state index in [0.29, 0.717) is 18.0 Å². The van der Waals surface area contributed by atoms with Crippen LogP contribution >= 0.6 is 22.7 Å². The Labute approximate surface area is 133 Å². The molecule has 112 valence electrons. The number of carbonyl (C=O) groups excluding carboxylic acids is 2.